The average Bonchev–Trinajstić information content (AvgIpc) is 2.82. The van der Waals surface area contributed by atoms with E-state index >= 15 is 0 Å². The molecule has 0 aliphatic rings. The molecule has 0 saturated carbocycles. The molecule has 1 N–H and O–H groups in total. The molecule has 1 amide bonds. The number of amides is 1. The Morgan fingerprint density at radius 1 is 1.39 bits per heavy atom. The Balaban J connectivity index is 2.24. The fraction of sp³-hybridized carbons (Fsp3) is 0.214. The van der Waals surface area contributed by atoms with Gasteiger partial charge in [0, 0.05) is 22.9 Å². The zero-order valence-corrected chi connectivity index (χ0v) is 12.0. The maximum absolute atomic E-state index is 12.2. The zero-order chi connectivity index (χ0) is 13.1. The van der Waals surface area contributed by atoms with Crippen LogP contribution in [0.2, 0.25) is 0 Å². The summed E-state index contributed by atoms with van der Waals surface area (Å²) in [6, 6.07) is 9.54. The Hall–Kier alpha value is -1.55. The molecule has 1 heterocycles. The van der Waals surface area contributed by atoms with Crippen molar-refractivity contribution in [2.45, 2.75) is 20.4 Å². The zero-order valence-electron chi connectivity index (χ0n) is 10.4. The first-order valence-electron chi connectivity index (χ1n) is 5.84. The monoisotopic (exact) mass is 306 g/mol. The van der Waals surface area contributed by atoms with Gasteiger partial charge in [-0.15, -0.1) is 0 Å². The van der Waals surface area contributed by atoms with E-state index in [1.54, 1.807) is 0 Å². The standard InChI is InChI=1S/C14H15BrN2O/c1-3-17-8-4-5-13(17)14(18)16-12-9-11(15)7-6-10(12)2/h4-9H,3H2,1-2H3,(H,16,18). The Bertz CT molecular complexity index is 575. The van der Waals surface area contributed by atoms with Crippen LogP contribution >= 0.6 is 15.9 Å². The molecule has 2 rings (SSSR count). The summed E-state index contributed by atoms with van der Waals surface area (Å²) in [6.45, 7) is 4.77. The minimum Gasteiger partial charge on any atom is -0.344 e. The number of hydrogen-bond acceptors (Lipinski definition) is 1. The van der Waals surface area contributed by atoms with Crippen LogP contribution in [0.15, 0.2) is 41.0 Å². The van der Waals surface area contributed by atoms with Crippen LogP contribution in [0.25, 0.3) is 0 Å². The predicted molar refractivity (Wildman–Crippen MR) is 76.9 cm³/mol. The van der Waals surface area contributed by atoms with Crippen molar-refractivity contribution < 1.29 is 4.79 Å². The molecule has 0 aliphatic carbocycles. The molecule has 0 saturated heterocycles. The van der Waals surface area contributed by atoms with E-state index in [9.17, 15) is 4.79 Å². The second-order valence-electron chi connectivity index (χ2n) is 4.09. The quantitative estimate of drug-likeness (QED) is 0.918. The van der Waals surface area contributed by atoms with Gasteiger partial charge in [0.15, 0.2) is 0 Å². The van der Waals surface area contributed by atoms with Crippen LogP contribution in [0.5, 0.6) is 0 Å². The van der Waals surface area contributed by atoms with Crippen LogP contribution in [0.3, 0.4) is 0 Å². The number of aryl methyl sites for hydroxylation is 2. The number of halogens is 1. The summed E-state index contributed by atoms with van der Waals surface area (Å²) >= 11 is 3.41. The lowest BCUT2D eigenvalue weighted by Gasteiger charge is -2.10. The Kier molecular flexibility index (Phi) is 3.87. The number of carbonyl (C=O) groups excluding carboxylic acids is 1. The molecule has 94 valence electrons. The summed E-state index contributed by atoms with van der Waals surface area (Å²) in [5.74, 6) is -0.0805. The SMILES string of the molecule is CCn1cccc1C(=O)Nc1cc(Br)ccc1C. The molecule has 1 aromatic carbocycles. The highest BCUT2D eigenvalue weighted by atomic mass is 79.9. The van der Waals surface area contributed by atoms with Gasteiger partial charge in [-0.1, -0.05) is 22.0 Å². The van der Waals surface area contributed by atoms with Crippen LogP contribution in [0.1, 0.15) is 23.0 Å². The van der Waals surface area contributed by atoms with Crippen molar-refractivity contribution in [1.82, 2.24) is 4.57 Å². The smallest absolute Gasteiger partial charge is 0.272 e. The second kappa shape index (κ2) is 5.40. The lowest BCUT2D eigenvalue weighted by atomic mass is 10.2. The van der Waals surface area contributed by atoms with Crippen molar-refractivity contribution in [2.75, 3.05) is 5.32 Å². The van der Waals surface area contributed by atoms with Crippen molar-refractivity contribution in [1.29, 1.82) is 0 Å². The summed E-state index contributed by atoms with van der Waals surface area (Å²) in [5.41, 5.74) is 2.55. The molecule has 18 heavy (non-hydrogen) atoms. The highest BCUT2D eigenvalue weighted by molar-refractivity contribution is 9.10. The van der Waals surface area contributed by atoms with Gasteiger partial charge in [-0.25, -0.2) is 0 Å². The highest BCUT2D eigenvalue weighted by Gasteiger charge is 2.11. The Labute approximate surface area is 115 Å². The first kappa shape index (κ1) is 12.9. The van der Waals surface area contributed by atoms with Crippen molar-refractivity contribution >= 4 is 27.5 Å². The minimum absolute atomic E-state index is 0.0805. The highest BCUT2D eigenvalue weighted by Crippen LogP contribution is 2.21. The third-order valence-corrected chi connectivity index (χ3v) is 3.34. The van der Waals surface area contributed by atoms with Gasteiger partial charge < -0.3 is 9.88 Å². The number of nitrogens with one attached hydrogen (secondary N) is 1. The fourth-order valence-electron chi connectivity index (χ4n) is 1.81. The Morgan fingerprint density at radius 2 is 2.17 bits per heavy atom. The van der Waals surface area contributed by atoms with Gasteiger partial charge in [0.25, 0.3) is 5.91 Å². The maximum atomic E-state index is 12.2. The van der Waals surface area contributed by atoms with Crippen molar-refractivity contribution in [2.24, 2.45) is 0 Å². The van der Waals surface area contributed by atoms with Crippen LogP contribution < -0.4 is 5.32 Å². The van der Waals surface area contributed by atoms with E-state index in [0.29, 0.717) is 5.69 Å². The van der Waals surface area contributed by atoms with E-state index in [1.165, 1.54) is 0 Å². The molecule has 0 atom stereocenters. The molecule has 1 aromatic heterocycles. The molecule has 0 spiro atoms. The van der Waals surface area contributed by atoms with Crippen molar-refractivity contribution in [3.63, 3.8) is 0 Å². The van der Waals surface area contributed by atoms with Gasteiger partial charge in [-0.05, 0) is 43.7 Å². The number of carbonyl (C=O) groups is 1. The first-order chi connectivity index (χ1) is 8.61. The third kappa shape index (κ3) is 2.64. The fourth-order valence-corrected chi connectivity index (χ4v) is 2.17. The average molecular weight is 307 g/mol. The summed E-state index contributed by atoms with van der Waals surface area (Å²) in [6.07, 6.45) is 1.91. The van der Waals surface area contributed by atoms with E-state index in [0.717, 1.165) is 22.3 Å². The number of rotatable bonds is 3. The van der Waals surface area contributed by atoms with E-state index in [4.69, 9.17) is 0 Å². The molecule has 0 radical (unpaired) electrons. The number of benzene rings is 1. The second-order valence-corrected chi connectivity index (χ2v) is 5.01. The molecule has 0 bridgehead atoms. The van der Waals surface area contributed by atoms with Gasteiger partial charge in [0.2, 0.25) is 0 Å². The molecule has 0 fully saturated rings. The molecule has 0 aliphatic heterocycles. The first-order valence-corrected chi connectivity index (χ1v) is 6.63. The molecular formula is C14H15BrN2O. The van der Waals surface area contributed by atoms with Crippen molar-refractivity contribution in [3.8, 4) is 0 Å². The van der Waals surface area contributed by atoms with Gasteiger partial charge in [0.1, 0.15) is 5.69 Å². The third-order valence-electron chi connectivity index (χ3n) is 2.85. The van der Waals surface area contributed by atoms with Crippen molar-refractivity contribution in [3.05, 3.63) is 52.3 Å². The number of hydrogen-bond donors (Lipinski definition) is 1. The molecular weight excluding hydrogens is 292 g/mol. The summed E-state index contributed by atoms with van der Waals surface area (Å²) in [7, 11) is 0. The largest absolute Gasteiger partial charge is 0.344 e. The molecule has 2 aromatic rings. The van der Waals surface area contributed by atoms with E-state index in [-0.39, 0.29) is 5.91 Å². The summed E-state index contributed by atoms with van der Waals surface area (Å²) in [4.78, 5) is 12.2. The normalized spacial score (nSPS) is 10.4. The Morgan fingerprint density at radius 3 is 2.89 bits per heavy atom. The maximum Gasteiger partial charge on any atom is 0.272 e. The topological polar surface area (TPSA) is 34.0 Å². The van der Waals surface area contributed by atoms with Crippen LogP contribution in [0, 0.1) is 6.92 Å². The summed E-state index contributed by atoms with van der Waals surface area (Å²) < 4.78 is 2.87. The summed E-state index contributed by atoms with van der Waals surface area (Å²) in [5, 5.41) is 2.94. The molecule has 4 heteroatoms. The van der Waals surface area contributed by atoms with Gasteiger partial charge >= 0.3 is 0 Å². The van der Waals surface area contributed by atoms with Crippen LogP contribution in [0.4, 0.5) is 5.69 Å². The van der Waals surface area contributed by atoms with Gasteiger partial charge in [-0.2, -0.15) is 0 Å². The lowest BCUT2D eigenvalue weighted by Crippen LogP contribution is -2.16. The predicted octanol–water partition coefficient (Wildman–Crippen LogP) is 3.83. The number of anilines is 1. The number of nitrogens with zero attached hydrogens (tertiary/aromatic N) is 1. The van der Waals surface area contributed by atoms with Gasteiger partial charge in [-0.3, -0.25) is 4.79 Å². The minimum atomic E-state index is -0.0805. The van der Waals surface area contributed by atoms with Crippen LogP contribution in [-0.4, -0.2) is 10.5 Å². The number of aromatic nitrogens is 1. The van der Waals surface area contributed by atoms with Crippen LogP contribution in [-0.2, 0) is 6.54 Å². The van der Waals surface area contributed by atoms with E-state index < -0.39 is 0 Å². The molecule has 0 unspecified atom stereocenters. The lowest BCUT2D eigenvalue weighted by molar-refractivity contribution is 0.101. The van der Waals surface area contributed by atoms with E-state index in [2.05, 4.69) is 21.2 Å². The van der Waals surface area contributed by atoms with E-state index in [1.807, 2.05) is 54.9 Å². The van der Waals surface area contributed by atoms with Gasteiger partial charge in [0.05, 0.1) is 0 Å². The molecule has 3 nitrogen and oxygen atoms in total.